The minimum absolute atomic E-state index is 0.0771. The maximum atomic E-state index is 11.3. The van der Waals surface area contributed by atoms with Gasteiger partial charge in [0, 0.05) is 19.7 Å². The van der Waals surface area contributed by atoms with E-state index in [1.54, 1.807) is 7.11 Å². The van der Waals surface area contributed by atoms with E-state index >= 15 is 0 Å². The van der Waals surface area contributed by atoms with E-state index in [4.69, 9.17) is 9.26 Å². The second kappa shape index (κ2) is 4.83. The Hall–Kier alpha value is 0.500. The molecule has 3 nitrogen and oxygen atoms in total. The van der Waals surface area contributed by atoms with Crippen molar-refractivity contribution >= 4 is 18.8 Å². The molecule has 0 aromatic heterocycles. The van der Waals surface area contributed by atoms with Crippen LogP contribution >= 0.6 is 18.8 Å². The predicted octanol–water partition coefficient (Wildman–Crippen LogP) is 2.57. The van der Waals surface area contributed by atoms with E-state index in [1.165, 1.54) is 6.66 Å². The van der Waals surface area contributed by atoms with Gasteiger partial charge in [0.1, 0.15) is 0 Å². The molecular formula is C8H17O3PS. The highest BCUT2D eigenvalue weighted by molar-refractivity contribution is 8.46. The second-order valence-corrected chi connectivity index (χ2v) is 7.59. The lowest BCUT2D eigenvalue weighted by Gasteiger charge is -2.20. The Morgan fingerprint density at radius 1 is 1.54 bits per heavy atom. The molecule has 0 aliphatic heterocycles. The van der Waals surface area contributed by atoms with Crippen LogP contribution in [0.15, 0.2) is 0 Å². The van der Waals surface area contributed by atoms with Crippen molar-refractivity contribution in [1.82, 2.24) is 0 Å². The van der Waals surface area contributed by atoms with Crippen molar-refractivity contribution in [1.29, 1.82) is 0 Å². The predicted molar refractivity (Wildman–Crippen MR) is 56.6 cm³/mol. The molecule has 0 bridgehead atoms. The first-order valence-electron chi connectivity index (χ1n) is 4.50. The fourth-order valence-electron chi connectivity index (χ4n) is 1.80. The maximum Gasteiger partial charge on any atom is 0.252 e. The summed E-state index contributed by atoms with van der Waals surface area (Å²) in [5.41, 5.74) is 0. The molecule has 1 rings (SSSR count). The van der Waals surface area contributed by atoms with E-state index in [-0.39, 0.29) is 6.10 Å². The summed E-state index contributed by atoms with van der Waals surface area (Å²) in [7, 11) is 1.68. The lowest BCUT2D eigenvalue weighted by Crippen LogP contribution is -2.20. The summed E-state index contributed by atoms with van der Waals surface area (Å²) >= 11 is 3.93. The summed E-state index contributed by atoms with van der Waals surface area (Å²) in [6.45, 7) is -0.404. The van der Waals surface area contributed by atoms with E-state index < -0.39 is 6.57 Å². The van der Waals surface area contributed by atoms with Crippen LogP contribution in [-0.4, -0.2) is 26.5 Å². The zero-order valence-corrected chi connectivity index (χ0v) is 9.89. The average molecular weight is 224 g/mol. The summed E-state index contributed by atoms with van der Waals surface area (Å²) in [4.78, 5) is 0. The van der Waals surface area contributed by atoms with Gasteiger partial charge in [-0.15, -0.1) is 0 Å². The van der Waals surface area contributed by atoms with E-state index in [0.717, 1.165) is 19.3 Å². The second-order valence-electron chi connectivity index (χ2n) is 3.59. The Labute approximate surface area is 84.8 Å². The summed E-state index contributed by atoms with van der Waals surface area (Å²) in [5, 5.41) is 0. The molecule has 0 radical (unpaired) electrons. The van der Waals surface area contributed by atoms with Gasteiger partial charge in [-0.3, -0.25) is 4.57 Å². The number of hydrogen-bond acceptors (Lipinski definition) is 3. The van der Waals surface area contributed by atoms with Crippen molar-refractivity contribution in [3.8, 4) is 0 Å². The van der Waals surface area contributed by atoms with E-state index in [2.05, 4.69) is 12.2 Å². The van der Waals surface area contributed by atoms with Crippen LogP contribution in [0, 0.1) is 5.92 Å². The van der Waals surface area contributed by atoms with Crippen molar-refractivity contribution in [2.75, 3.05) is 20.4 Å². The number of methoxy groups -OCH3 is 1. The van der Waals surface area contributed by atoms with Crippen LogP contribution in [0.25, 0.3) is 0 Å². The molecule has 1 aliphatic rings. The van der Waals surface area contributed by atoms with Gasteiger partial charge in [0.25, 0.3) is 6.57 Å². The van der Waals surface area contributed by atoms with Crippen molar-refractivity contribution < 1.29 is 13.8 Å². The molecule has 3 atom stereocenters. The van der Waals surface area contributed by atoms with Crippen LogP contribution < -0.4 is 0 Å². The van der Waals surface area contributed by atoms with Crippen molar-refractivity contribution in [2.45, 2.75) is 25.4 Å². The normalized spacial score (nSPS) is 33.2. The monoisotopic (exact) mass is 224 g/mol. The highest BCUT2D eigenvalue weighted by atomic mass is 32.7. The lowest BCUT2D eigenvalue weighted by atomic mass is 10.1. The Bertz CT molecular complexity index is 204. The molecule has 3 unspecified atom stereocenters. The van der Waals surface area contributed by atoms with Crippen LogP contribution in [0.5, 0.6) is 0 Å². The number of rotatable bonds is 4. The van der Waals surface area contributed by atoms with Gasteiger partial charge >= 0.3 is 0 Å². The molecule has 1 saturated carbocycles. The SMILES string of the molecule is COCC1CCCC1OP(C)(=O)S. The first-order chi connectivity index (χ1) is 6.03. The molecule has 0 N–H and O–H groups in total. The summed E-state index contributed by atoms with van der Waals surface area (Å²) in [5.74, 6) is 0.394. The zero-order valence-electron chi connectivity index (χ0n) is 8.10. The van der Waals surface area contributed by atoms with Gasteiger partial charge in [-0.05, 0) is 12.8 Å². The molecule has 1 fully saturated rings. The molecule has 0 aromatic rings. The van der Waals surface area contributed by atoms with Crippen LogP contribution in [-0.2, 0) is 13.8 Å². The Morgan fingerprint density at radius 3 is 2.77 bits per heavy atom. The molecule has 13 heavy (non-hydrogen) atoms. The third-order valence-corrected chi connectivity index (χ3v) is 3.25. The Morgan fingerprint density at radius 2 is 2.23 bits per heavy atom. The van der Waals surface area contributed by atoms with Crippen LogP contribution in [0.4, 0.5) is 0 Å². The minimum Gasteiger partial charge on any atom is -0.384 e. The minimum atomic E-state index is -2.64. The quantitative estimate of drug-likeness (QED) is 0.589. The molecule has 0 heterocycles. The molecule has 0 amide bonds. The largest absolute Gasteiger partial charge is 0.384 e. The van der Waals surface area contributed by atoms with Gasteiger partial charge in [0.15, 0.2) is 0 Å². The molecular weight excluding hydrogens is 207 g/mol. The van der Waals surface area contributed by atoms with Gasteiger partial charge in [-0.1, -0.05) is 18.7 Å². The van der Waals surface area contributed by atoms with E-state index in [0.29, 0.717) is 12.5 Å². The van der Waals surface area contributed by atoms with Gasteiger partial charge in [0.05, 0.1) is 12.7 Å². The summed E-state index contributed by atoms with van der Waals surface area (Å²) in [6, 6.07) is 0. The fourth-order valence-corrected chi connectivity index (χ4v) is 2.94. The Kier molecular flexibility index (Phi) is 4.30. The number of ether oxygens (including phenoxy) is 1. The summed E-state index contributed by atoms with van der Waals surface area (Å²) in [6.07, 6.45) is 3.29. The highest BCUT2D eigenvalue weighted by Gasteiger charge is 2.31. The van der Waals surface area contributed by atoms with Crippen molar-refractivity contribution in [3.63, 3.8) is 0 Å². The first kappa shape index (κ1) is 11.6. The average Bonchev–Trinajstić information content (AvgIpc) is 2.34. The highest BCUT2D eigenvalue weighted by Crippen LogP contribution is 2.51. The van der Waals surface area contributed by atoms with Crippen molar-refractivity contribution in [2.24, 2.45) is 5.92 Å². The molecule has 1 aliphatic carbocycles. The molecule has 5 heteroatoms. The van der Waals surface area contributed by atoms with Crippen LogP contribution in [0.1, 0.15) is 19.3 Å². The number of thiol groups is 1. The van der Waals surface area contributed by atoms with E-state index in [1.807, 2.05) is 0 Å². The number of hydrogen-bond donors (Lipinski definition) is 1. The van der Waals surface area contributed by atoms with Gasteiger partial charge in [0.2, 0.25) is 0 Å². The van der Waals surface area contributed by atoms with E-state index in [9.17, 15) is 4.57 Å². The molecule has 0 aromatic carbocycles. The van der Waals surface area contributed by atoms with Gasteiger partial charge in [-0.2, -0.15) is 0 Å². The smallest absolute Gasteiger partial charge is 0.252 e. The standard InChI is InChI=1S/C8H17O3PS/c1-10-6-7-4-3-5-8(7)11-12(2,9)13/h7-8H,3-6H2,1-2H3,(H,9,13). The fraction of sp³-hybridized carbons (Fsp3) is 1.00. The van der Waals surface area contributed by atoms with Crippen molar-refractivity contribution in [3.05, 3.63) is 0 Å². The molecule has 0 spiro atoms. The summed E-state index contributed by atoms with van der Waals surface area (Å²) < 4.78 is 21.8. The Balaban J connectivity index is 2.44. The zero-order chi connectivity index (χ0) is 9.90. The van der Waals surface area contributed by atoms with Crippen LogP contribution in [0.2, 0.25) is 0 Å². The van der Waals surface area contributed by atoms with Gasteiger partial charge < -0.3 is 9.26 Å². The molecule has 0 saturated heterocycles. The maximum absolute atomic E-state index is 11.3. The topological polar surface area (TPSA) is 35.5 Å². The first-order valence-corrected chi connectivity index (χ1v) is 7.73. The lowest BCUT2D eigenvalue weighted by molar-refractivity contribution is 0.0872. The third-order valence-electron chi connectivity index (χ3n) is 2.30. The van der Waals surface area contributed by atoms with Crippen LogP contribution in [0.3, 0.4) is 0 Å². The van der Waals surface area contributed by atoms with Gasteiger partial charge in [-0.25, -0.2) is 0 Å². The molecule has 78 valence electrons. The third kappa shape index (κ3) is 4.03.